The summed E-state index contributed by atoms with van der Waals surface area (Å²) in [6.45, 7) is 6.82. The van der Waals surface area contributed by atoms with Crippen LogP contribution in [0.5, 0.6) is 0 Å². The second kappa shape index (κ2) is 4.64. The summed E-state index contributed by atoms with van der Waals surface area (Å²) in [5.74, 6) is 0. The molecule has 1 aromatic carbocycles. The van der Waals surface area contributed by atoms with Crippen LogP contribution in [-0.2, 0) is 4.74 Å². The van der Waals surface area contributed by atoms with Crippen LogP contribution >= 0.6 is 15.9 Å². The van der Waals surface area contributed by atoms with Crippen molar-refractivity contribution in [2.24, 2.45) is 0 Å². The number of hydrogen-bond donors (Lipinski definition) is 1. The van der Waals surface area contributed by atoms with E-state index in [1.807, 2.05) is 0 Å². The van der Waals surface area contributed by atoms with Crippen molar-refractivity contribution < 1.29 is 4.74 Å². The van der Waals surface area contributed by atoms with Gasteiger partial charge in [-0.15, -0.1) is 0 Å². The van der Waals surface area contributed by atoms with Crippen LogP contribution in [0.4, 0.5) is 0 Å². The van der Waals surface area contributed by atoms with Gasteiger partial charge in [-0.3, -0.25) is 0 Å². The third-order valence-corrected chi connectivity index (χ3v) is 3.70. The molecule has 2 nitrogen and oxygen atoms in total. The number of nitrogens with one attached hydrogen (secondary N) is 1. The van der Waals surface area contributed by atoms with Gasteiger partial charge in [0.2, 0.25) is 0 Å². The molecule has 0 bridgehead atoms. The highest BCUT2D eigenvalue weighted by atomic mass is 79.9. The normalized spacial score (nSPS) is 21.7. The summed E-state index contributed by atoms with van der Waals surface area (Å²) in [6, 6.07) is 4.78. The van der Waals surface area contributed by atoms with Crippen molar-refractivity contribution in [2.45, 2.75) is 19.9 Å². The Kier molecular flexibility index (Phi) is 3.44. The minimum atomic E-state index is 0.352. The Morgan fingerprint density at radius 1 is 1.33 bits per heavy atom. The molecule has 0 amide bonds. The van der Waals surface area contributed by atoms with Crippen molar-refractivity contribution in [3.63, 3.8) is 0 Å². The lowest BCUT2D eigenvalue weighted by atomic mass is 9.99. The van der Waals surface area contributed by atoms with E-state index >= 15 is 0 Å². The fraction of sp³-hybridized carbons (Fsp3) is 0.500. The van der Waals surface area contributed by atoms with Crippen molar-refractivity contribution in [2.75, 3.05) is 19.8 Å². The van der Waals surface area contributed by atoms with Crippen LogP contribution in [-0.4, -0.2) is 19.8 Å². The summed E-state index contributed by atoms with van der Waals surface area (Å²) in [6.07, 6.45) is 0. The average molecular weight is 270 g/mol. The van der Waals surface area contributed by atoms with Gasteiger partial charge in [0, 0.05) is 11.0 Å². The largest absolute Gasteiger partial charge is 0.378 e. The molecule has 3 heteroatoms. The predicted molar refractivity (Wildman–Crippen MR) is 65.2 cm³/mol. The molecule has 0 aliphatic carbocycles. The highest BCUT2D eigenvalue weighted by Crippen LogP contribution is 2.26. The molecule has 1 saturated heterocycles. The van der Waals surface area contributed by atoms with Crippen molar-refractivity contribution in [1.29, 1.82) is 0 Å². The minimum Gasteiger partial charge on any atom is -0.378 e. The van der Waals surface area contributed by atoms with Crippen LogP contribution in [0.3, 0.4) is 0 Å². The number of morpholine rings is 1. The van der Waals surface area contributed by atoms with E-state index in [2.05, 4.69) is 47.2 Å². The fourth-order valence-corrected chi connectivity index (χ4v) is 2.40. The van der Waals surface area contributed by atoms with Gasteiger partial charge >= 0.3 is 0 Å². The summed E-state index contributed by atoms with van der Waals surface area (Å²) < 4.78 is 6.67. The molecule has 1 aliphatic heterocycles. The van der Waals surface area contributed by atoms with Crippen LogP contribution in [0, 0.1) is 13.8 Å². The van der Waals surface area contributed by atoms with E-state index < -0.39 is 0 Å². The van der Waals surface area contributed by atoms with Gasteiger partial charge in [0.05, 0.1) is 19.3 Å². The third-order valence-electron chi connectivity index (χ3n) is 2.84. The number of benzene rings is 1. The molecule has 1 fully saturated rings. The molecule has 1 heterocycles. The van der Waals surface area contributed by atoms with Crippen LogP contribution in [0.25, 0.3) is 0 Å². The summed E-state index contributed by atoms with van der Waals surface area (Å²) >= 11 is 3.55. The Morgan fingerprint density at radius 3 is 2.80 bits per heavy atom. The molecule has 1 atom stereocenters. The first kappa shape index (κ1) is 11.1. The molecule has 0 saturated carbocycles. The monoisotopic (exact) mass is 269 g/mol. The second-order valence-electron chi connectivity index (χ2n) is 4.04. The molecule has 1 aromatic rings. The smallest absolute Gasteiger partial charge is 0.0662 e. The van der Waals surface area contributed by atoms with Crippen LogP contribution in [0.15, 0.2) is 16.6 Å². The quantitative estimate of drug-likeness (QED) is 0.847. The Bertz CT molecular complexity index is 359. The van der Waals surface area contributed by atoms with Crippen molar-refractivity contribution in [3.05, 3.63) is 33.3 Å². The number of halogens is 1. The number of rotatable bonds is 1. The lowest BCUT2D eigenvalue weighted by Crippen LogP contribution is -2.35. The van der Waals surface area contributed by atoms with Gasteiger partial charge < -0.3 is 10.1 Å². The van der Waals surface area contributed by atoms with Crippen molar-refractivity contribution in [3.8, 4) is 0 Å². The number of ether oxygens (including phenoxy) is 1. The van der Waals surface area contributed by atoms with Gasteiger partial charge in [0.1, 0.15) is 0 Å². The summed E-state index contributed by atoms with van der Waals surface area (Å²) in [5.41, 5.74) is 3.95. The van der Waals surface area contributed by atoms with Crippen molar-refractivity contribution in [1.82, 2.24) is 5.32 Å². The molecule has 0 spiro atoms. The standard InChI is InChI=1S/C12H16BrNO/c1-8-6-11(13)9(2)5-10(8)12-7-15-4-3-14-12/h5-6,12,14H,3-4,7H2,1-2H3. The predicted octanol–water partition coefficient (Wildman–Crippen LogP) is 2.73. The highest BCUT2D eigenvalue weighted by molar-refractivity contribution is 9.10. The van der Waals surface area contributed by atoms with Gasteiger partial charge in [-0.25, -0.2) is 0 Å². The zero-order valence-electron chi connectivity index (χ0n) is 9.14. The van der Waals surface area contributed by atoms with E-state index in [1.54, 1.807) is 0 Å². The molecule has 1 aliphatic rings. The third kappa shape index (κ3) is 2.41. The van der Waals surface area contributed by atoms with E-state index in [0.29, 0.717) is 6.04 Å². The first-order valence-electron chi connectivity index (χ1n) is 5.26. The second-order valence-corrected chi connectivity index (χ2v) is 4.89. The molecule has 2 rings (SSSR count). The summed E-state index contributed by atoms with van der Waals surface area (Å²) in [7, 11) is 0. The van der Waals surface area contributed by atoms with Gasteiger partial charge in [-0.05, 0) is 36.6 Å². The van der Waals surface area contributed by atoms with E-state index in [4.69, 9.17) is 4.74 Å². The zero-order chi connectivity index (χ0) is 10.8. The molecule has 15 heavy (non-hydrogen) atoms. The molecule has 0 radical (unpaired) electrons. The Labute approximate surface area is 99.1 Å². The summed E-state index contributed by atoms with van der Waals surface area (Å²) in [5, 5.41) is 3.48. The van der Waals surface area contributed by atoms with Crippen molar-refractivity contribution >= 4 is 15.9 Å². The average Bonchev–Trinajstić information content (AvgIpc) is 2.25. The van der Waals surface area contributed by atoms with E-state index in [-0.39, 0.29) is 0 Å². The molecular formula is C12H16BrNO. The van der Waals surface area contributed by atoms with Gasteiger partial charge in [0.25, 0.3) is 0 Å². The topological polar surface area (TPSA) is 21.3 Å². The van der Waals surface area contributed by atoms with Gasteiger partial charge in [-0.1, -0.05) is 22.0 Å². The summed E-state index contributed by atoms with van der Waals surface area (Å²) in [4.78, 5) is 0. The molecule has 1 unspecified atom stereocenters. The SMILES string of the molecule is Cc1cc(C2COCCN2)c(C)cc1Br. The van der Waals surface area contributed by atoms with E-state index in [0.717, 1.165) is 19.8 Å². The van der Waals surface area contributed by atoms with Gasteiger partial charge in [-0.2, -0.15) is 0 Å². The van der Waals surface area contributed by atoms with E-state index in [1.165, 1.54) is 21.2 Å². The minimum absolute atomic E-state index is 0.352. The molecule has 0 aromatic heterocycles. The molecular weight excluding hydrogens is 254 g/mol. The molecule has 82 valence electrons. The lowest BCUT2D eigenvalue weighted by molar-refractivity contribution is 0.0767. The number of aryl methyl sites for hydroxylation is 2. The zero-order valence-corrected chi connectivity index (χ0v) is 10.7. The van der Waals surface area contributed by atoms with Crippen LogP contribution < -0.4 is 5.32 Å². The van der Waals surface area contributed by atoms with Crippen LogP contribution in [0.1, 0.15) is 22.7 Å². The van der Waals surface area contributed by atoms with E-state index in [9.17, 15) is 0 Å². The number of hydrogen-bond acceptors (Lipinski definition) is 2. The Hall–Kier alpha value is -0.380. The first-order chi connectivity index (χ1) is 7.18. The lowest BCUT2D eigenvalue weighted by Gasteiger charge is -2.26. The maximum absolute atomic E-state index is 5.49. The first-order valence-corrected chi connectivity index (χ1v) is 6.05. The Balaban J connectivity index is 2.30. The van der Waals surface area contributed by atoms with Crippen LogP contribution in [0.2, 0.25) is 0 Å². The highest BCUT2D eigenvalue weighted by Gasteiger charge is 2.17. The van der Waals surface area contributed by atoms with Gasteiger partial charge in [0.15, 0.2) is 0 Å². The maximum atomic E-state index is 5.49. The molecule has 1 N–H and O–H groups in total. The fourth-order valence-electron chi connectivity index (χ4n) is 1.94. The maximum Gasteiger partial charge on any atom is 0.0662 e. The Morgan fingerprint density at radius 2 is 2.13 bits per heavy atom.